The first-order valence-corrected chi connectivity index (χ1v) is 6.07. The lowest BCUT2D eigenvalue weighted by Crippen LogP contribution is -2.25. The summed E-state index contributed by atoms with van der Waals surface area (Å²) in [6.45, 7) is 7.83. The van der Waals surface area contributed by atoms with Gasteiger partial charge in [-0.15, -0.1) is 0 Å². The van der Waals surface area contributed by atoms with E-state index in [-0.39, 0.29) is 5.75 Å². The largest absolute Gasteiger partial charge is 0.490 e. The summed E-state index contributed by atoms with van der Waals surface area (Å²) in [6, 6.07) is 4.49. The van der Waals surface area contributed by atoms with E-state index in [1.165, 1.54) is 6.07 Å². The van der Waals surface area contributed by atoms with Crippen LogP contribution in [0.5, 0.6) is 5.75 Å². The van der Waals surface area contributed by atoms with Crippen molar-refractivity contribution in [3.63, 3.8) is 0 Å². The molecule has 1 aromatic rings. The number of hydrogen-bond donors (Lipinski definition) is 1. The maximum atomic E-state index is 13.4. The van der Waals surface area contributed by atoms with Crippen molar-refractivity contribution in [1.82, 2.24) is 4.90 Å². The summed E-state index contributed by atoms with van der Waals surface area (Å²) < 4.78 is 18.7. The molecule has 0 atom stereocenters. The van der Waals surface area contributed by atoms with Gasteiger partial charge >= 0.3 is 0 Å². The predicted molar refractivity (Wildman–Crippen MR) is 68.7 cm³/mol. The van der Waals surface area contributed by atoms with Crippen molar-refractivity contribution in [3.05, 3.63) is 24.0 Å². The van der Waals surface area contributed by atoms with Crippen molar-refractivity contribution >= 4 is 5.69 Å². The molecule has 2 N–H and O–H groups in total. The van der Waals surface area contributed by atoms with Gasteiger partial charge in [-0.1, -0.05) is 13.8 Å². The van der Waals surface area contributed by atoms with E-state index in [0.29, 0.717) is 12.3 Å². The molecule has 0 aliphatic carbocycles. The lowest BCUT2D eigenvalue weighted by atomic mass is 10.3. The monoisotopic (exact) mass is 240 g/mol. The second-order valence-electron chi connectivity index (χ2n) is 3.92. The fourth-order valence-electron chi connectivity index (χ4n) is 1.64. The Hall–Kier alpha value is -1.29. The highest BCUT2D eigenvalue weighted by atomic mass is 19.1. The number of rotatable bonds is 7. The Labute approximate surface area is 102 Å². The van der Waals surface area contributed by atoms with Crippen molar-refractivity contribution in [1.29, 1.82) is 0 Å². The van der Waals surface area contributed by atoms with Crippen molar-refractivity contribution in [2.45, 2.75) is 20.3 Å². The lowest BCUT2D eigenvalue weighted by molar-refractivity contribution is 0.243. The van der Waals surface area contributed by atoms with Gasteiger partial charge in [-0.05, 0) is 31.6 Å². The lowest BCUT2D eigenvalue weighted by Gasteiger charge is -2.17. The summed E-state index contributed by atoms with van der Waals surface area (Å²) in [5.41, 5.74) is 5.87. The van der Waals surface area contributed by atoms with E-state index in [9.17, 15) is 4.39 Å². The first kappa shape index (κ1) is 13.8. The first-order chi connectivity index (χ1) is 8.17. The third-order valence-corrected chi connectivity index (χ3v) is 2.73. The highest BCUT2D eigenvalue weighted by Gasteiger charge is 2.04. The summed E-state index contributed by atoms with van der Waals surface area (Å²) in [7, 11) is 0. The smallest absolute Gasteiger partial charge is 0.167 e. The number of ether oxygens (including phenoxy) is 1. The van der Waals surface area contributed by atoms with Crippen LogP contribution in [0.2, 0.25) is 0 Å². The Bertz CT molecular complexity index is 340. The first-order valence-electron chi connectivity index (χ1n) is 6.07. The van der Waals surface area contributed by atoms with Gasteiger partial charge in [0.2, 0.25) is 0 Å². The molecule has 0 heterocycles. The molecule has 17 heavy (non-hydrogen) atoms. The van der Waals surface area contributed by atoms with Crippen LogP contribution in [0.3, 0.4) is 0 Å². The molecule has 0 bridgehead atoms. The van der Waals surface area contributed by atoms with Gasteiger partial charge in [-0.25, -0.2) is 4.39 Å². The molecule has 0 aromatic heterocycles. The number of nitrogens with zero attached hydrogens (tertiary/aromatic N) is 1. The van der Waals surface area contributed by atoms with Crippen LogP contribution in [-0.4, -0.2) is 31.1 Å². The van der Waals surface area contributed by atoms with E-state index in [4.69, 9.17) is 10.5 Å². The van der Waals surface area contributed by atoms with Gasteiger partial charge < -0.3 is 15.4 Å². The van der Waals surface area contributed by atoms with Crippen LogP contribution in [0.1, 0.15) is 20.3 Å². The third kappa shape index (κ3) is 4.61. The summed E-state index contributed by atoms with van der Waals surface area (Å²) in [6.07, 6.45) is 0.894. The Morgan fingerprint density at radius 2 is 2.00 bits per heavy atom. The number of hydrogen-bond acceptors (Lipinski definition) is 3. The molecule has 0 unspecified atom stereocenters. The van der Waals surface area contributed by atoms with Gasteiger partial charge in [-0.2, -0.15) is 0 Å². The predicted octanol–water partition coefficient (Wildman–Crippen LogP) is 2.52. The van der Waals surface area contributed by atoms with Gasteiger partial charge in [0, 0.05) is 18.3 Å². The fraction of sp³-hybridized carbons (Fsp3) is 0.538. The number of halogens is 1. The minimum absolute atomic E-state index is 0.277. The molecule has 3 nitrogen and oxygen atoms in total. The highest BCUT2D eigenvalue weighted by Crippen LogP contribution is 2.19. The van der Waals surface area contributed by atoms with E-state index >= 15 is 0 Å². The zero-order valence-corrected chi connectivity index (χ0v) is 10.6. The SMILES string of the molecule is CCN(CC)CCCOc1ccc(N)cc1F. The van der Waals surface area contributed by atoms with Crippen LogP contribution in [0.25, 0.3) is 0 Å². The zero-order valence-electron chi connectivity index (χ0n) is 10.6. The van der Waals surface area contributed by atoms with Gasteiger partial charge in [0.15, 0.2) is 11.6 Å². The number of anilines is 1. The summed E-state index contributed by atoms with van der Waals surface area (Å²) >= 11 is 0. The van der Waals surface area contributed by atoms with E-state index < -0.39 is 5.82 Å². The normalized spacial score (nSPS) is 10.8. The maximum absolute atomic E-state index is 13.4. The van der Waals surface area contributed by atoms with Crippen LogP contribution < -0.4 is 10.5 Å². The molecule has 1 rings (SSSR count). The van der Waals surface area contributed by atoms with Crippen molar-refractivity contribution in [2.24, 2.45) is 0 Å². The van der Waals surface area contributed by atoms with Crippen LogP contribution in [0.15, 0.2) is 18.2 Å². The molecule has 0 aliphatic heterocycles. The average Bonchev–Trinajstić information content (AvgIpc) is 2.32. The molecular weight excluding hydrogens is 219 g/mol. The second kappa shape index (κ2) is 7.12. The molecule has 96 valence electrons. The molecule has 1 aromatic carbocycles. The Balaban J connectivity index is 2.31. The van der Waals surface area contributed by atoms with Gasteiger partial charge in [0.1, 0.15) is 0 Å². The Morgan fingerprint density at radius 1 is 1.29 bits per heavy atom. The topological polar surface area (TPSA) is 38.5 Å². The molecule has 0 amide bonds. The van der Waals surface area contributed by atoms with E-state index in [1.54, 1.807) is 12.1 Å². The van der Waals surface area contributed by atoms with Crippen molar-refractivity contribution < 1.29 is 9.13 Å². The van der Waals surface area contributed by atoms with E-state index in [2.05, 4.69) is 18.7 Å². The number of nitrogens with two attached hydrogens (primary N) is 1. The molecule has 0 saturated carbocycles. The molecule has 0 spiro atoms. The molecule has 0 radical (unpaired) electrons. The average molecular weight is 240 g/mol. The number of nitrogen functional groups attached to an aromatic ring is 1. The molecule has 0 saturated heterocycles. The van der Waals surface area contributed by atoms with Crippen molar-refractivity contribution in [3.8, 4) is 5.75 Å². The van der Waals surface area contributed by atoms with Crippen LogP contribution in [0.4, 0.5) is 10.1 Å². The van der Waals surface area contributed by atoms with Gasteiger partial charge in [-0.3, -0.25) is 0 Å². The molecule has 0 aliphatic rings. The van der Waals surface area contributed by atoms with Crippen LogP contribution in [0, 0.1) is 5.82 Å². The Kier molecular flexibility index (Phi) is 5.77. The van der Waals surface area contributed by atoms with Crippen molar-refractivity contribution in [2.75, 3.05) is 32.0 Å². The highest BCUT2D eigenvalue weighted by molar-refractivity contribution is 5.42. The fourth-order valence-corrected chi connectivity index (χ4v) is 1.64. The third-order valence-electron chi connectivity index (χ3n) is 2.73. The zero-order chi connectivity index (χ0) is 12.7. The standard InChI is InChI=1S/C13H21FN2O/c1-3-16(4-2)8-5-9-17-13-7-6-11(15)10-12(13)14/h6-7,10H,3-5,8-9,15H2,1-2H3. The van der Waals surface area contributed by atoms with Crippen LogP contribution >= 0.6 is 0 Å². The second-order valence-corrected chi connectivity index (χ2v) is 3.92. The van der Waals surface area contributed by atoms with Gasteiger partial charge in [0.05, 0.1) is 6.61 Å². The van der Waals surface area contributed by atoms with E-state index in [0.717, 1.165) is 26.1 Å². The minimum Gasteiger partial charge on any atom is -0.490 e. The maximum Gasteiger partial charge on any atom is 0.167 e. The minimum atomic E-state index is -0.396. The molecule has 0 fully saturated rings. The summed E-state index contributed by atoms with van der Waals surface area (Å²) in [5.74, 6) is -0.119. The molecular formula is C13H21FN2O. The summed E-state index contributed by atoms with van der Waals surface area (Å²) in [5, 5.41) is 0. The van der Waals surface area contributed by atoms with Gasteiger partial charge in [0.25, 0.3) is 0 Å². The van der Waals surface area contributed by atoms with Crippen LogP contribution in [-0.2, 0) is 0 Å². The Morgan fingerprint density at radius 3 is 2.59 bits per heavy atom. The number of benzene rings is 1. The quantitative estimate of drug-likeness (QED) is 0.588. The molecule has 4 heteroatoms. The summed E-state index contributed by atoms with van der Waals surface area (Å²) in [4.78, 5) is 2.31. The van der Waals surface area contributed by atoms with E-state index in [1.807, 2.05) is 0 Å².